The van der Waals surface area contributed by atoms with Crippen LogP contribution in [0.5, 0.6) is 0 Å². The molecular weight excluding hydrogens is 272 g/mol. The van der Waals surface area contributed by atoms with E-state index in [1.54, 1.807) is 0 Å². The Kier molecular flexibility index (Phi) is 5.28. The highest BCUT2D eigenvalue weighted by molar-refractivity contribution is 7.99. The Labute approximate surface area is 124 Å². The first-order valence-corrected chi connectivity index (χ1v) is 8.23. The molecule has 0 amide bonds. The van der Waals surface area contributed by atoms with Crippen LogP contribution < -0.4 is 0 Å². The van der Waals surface area contributed by atoms with E-state index in [-0.39, 0.29) is 0 Å². The van der Waals surface area contributed by atoms with Gasteiger partial charge in [-0.1, -0.05) is 37.3 Å². The van der Waals surface area contributed by atoms with E-state index < -0.39 is 0 Å². The second-order valence-electron chi connectivity index (χ2n) is 4.55. The summed E-state index contributed by atoms with van der Waals surface area (Å²) in [5, 5.41) is 0. The normalized spacial score (nSPS) is 12.5. The van der Waals surface area contributed by atoms with E-state index in [0.29, 0.717) is 6.04 Å². The van der Waals surface area contributed by atoms with Crippen LogP contribution >= 0.6 is 24.0 Å². The molecule has 0 spiro atoms. The Morgan fingerprint density at radius 3 is 2.74 bits per heavy atom. The van der Waals surface area contributed by atoms with Crippen molar-refractivity contribution in [1.82, 2.24) is 9.55 Å². The Hall–Kier alpha value is -1.00. The molecule has 0 aliphatic rings. The highest BCUT2D eigenvalue weighted by atomic mass is 32.2. The van der Waals surface area contributed by atoms with Crippen molar-refractivity contribution in [3.63, 3.8) is 0 Å². The Bertz CT molecular complexity index is 557. The molecule has 0 saturated carbocycles. The van der Waals surface area contributed by atoms with Crippen LogP contribution in [0.3, 0.4) is 0 Å². The molecule has 1 aromatic carbocycles. The SMILES string of the molecule is CCSCCC(C)n1c(-c2ccccc2)c[nH]c1=S. The number of hydrogen-bond acceptors (Lipinski definition) is 2. The molecule has 102 valence electrons. The minimum atomic E-state index is 0.424. The lowest BCUT2D eigenvalue weighted by atomic mass is 10.1. The number of nitrogens with one attached hydrogen (secondary N) is 1. The summed E-state index contributed by atoms with van der Waals surface area (Å²) >= 11 is 7.41. The highest BCUT2D eigenvalue weighted by Gasteiger charge is 2.12. The molecule has 0 aliphatic heterocycles. The number of H-pyrrole nitrogens is 1. The van der Waals surface area contributed by atoms with E-state index in [2.05, 4.69) is 47.7 Å². The summed E-state index contributed by atoms with van der Waals surface area (Å²) in [5.74, 6) is 2.36. The van der Waals surface area contributed by atoms with Crippen molar-refractivity contribution < 1.29 is 0 Å². The van der Waals surface area contributed by atoms with Crippen LogP contribution in [0.4, 0.5) is 0 Å². The number of hydrogen-bond donors (Lipinski definition) is 1. The minimum absolute atomic E-state index is 0.424. The predicted molar refractivity (Wildman–Crippen MR) is 87.4 cm³/mol. The zero-order valence-electron chi connectivity index (χ0n) is 11.4. The highest BCUT2D eigenvalue weighted by Crippen LogP contribution is 2.25. The van der Waals surface area contributed by atoms with Gasteiger partial charge in [0.05, 0.1) is 5.69 Å². The molecule has 0 saturated heterocycles. The largest absolute Gasteiger partial charge is 0.337 e. The fraction of sp³-hybridized carbons (Fsp3) is 0.400. The zero-order valence-corrected chi connectivity index (χ0v) is 13.1. The van der Waals surface area contributed by atoms with Gasteiger partial charge in [-0.15, -0.1) is 0 Å². The molecule has 1 aromatic heterocycles. The van der Waals surface area contributed by atoms with Crippen molar-refractivity contribution in [3.05, 3.63) is 41.3 Å². The van der Waals surface area contributed by atoms with Gasteiger partial charge in [-0.25, -0.2) is 0 Å². The number of aromatic amines is 1. The molecule has 0 radical (unpaired) electrons. The lowest BCUT2D eigenvalue weighted by Crippen LogP contribution is -2.08. The van der Waals surface area contributed by atoms with Gasteiger partial charge in [0.15, 0.2) is 4.77 Å². The van der Waals surface area contributed by atoms with E-state index in [0.717, 1.165) is 11.2 Å². The maximum Gasteiger partial charge on any atom is 0.177 e. The van der Waals surface area contributed by atoms with Crippen LogP contribution in [0.2, 0.25) is 0 Å². The van der Waals surface area contributed by atoms with Crippen molar-refractivity contribution in [2.75, 3.05) is 11.5 Å². The number of imidazole rings is 1. The number of aromatic nitrogens is 2. The molecule has 0 fully saturated rings. The molecule has 1 heterocycles. The van der Waals surface area contributed by atoms with Gasteiger partial charge in [-0.2, -0.15) is 11.8 Å². The molecule has 1 atom stereocenters. The Balaban J connectivity index is 2.25. The van der Waals surface area contributed by atoms with E-state index in [9.17, 15) is 0 Å². The van der Waals surface area contributed by atoms with Gasteiger partial charge in [0, 0.05) is 12.2 Å². The second-order valence-corrected chi connectivity index (χ2v) is 6.33. The molecule has 1 unspecified atom stereocenters. The van der Waals surface area contributed by atoms with Crippen LogP contribution in [0.25, 0.3) is 11.3 Å². The summed E-state index contributed by atoms with van der Waals surface area (Å²) < 4.78 is 3.05. The molecular formula is C15H20N2S2. The summed E-state index contributed by atoms with van der Waals surface area (Å²) in [4.78, 5) is 3.18. The third kappa shape index (κ3) is 3.51. The van der Waals surface area contributed by atoms with Gasteiger partial charge in [0.1, 0.15) is 0 Å². The van der Waals surface area contributed by atoms with Crippen molar-refractivity contribution in [1.29, 1.82) is 0 Å². The quantitative estimate of drug-likeness (QED) is 0.603. The van der Waals surface area contributed by atoms with E-state index in [4.69, 9.17) is 12.2 Å². The van der Waals surface area contributed by atoms with E-state index >= 15 is 0 Å². The second kappa shape index (κ2) is 6.96. The first kappa shape index (κ1) is 14.4. The third-order valence-electron chi connectivity index (χ3n) is 3.21. The van der Waals surface area contributed by atoms with Crippen molar-refractivity contribution in [2.45, 2.75) is 26.3 Å². The number of thioether (sulfide) groups is 1. The average Bonchev–Trinajstić information content (AvgIpc) is 2.82. The van der Waals surface area contributed by atoms with E-state index in [1.165, 1.54) is 22.8 Å². The lowest BCUT2D eigenvalue weighted by molar-refractivity contribution is 0.533. The van der Waals surface area contributed by atoms with Crippen LogP contribution in [0.1, 0.15) is 26.3 Å². The molecule has 2 aromatic rings. The van der Waals surface area contributed by atoms with Crippen LogP contribution in [0.15, 0.2) is 36.5 Å². The fourth-order valence-corrected chi connectivity index (χ4v) is 3.31. The molecule has 0 bridgehead atoms. The van der Waals surface area contributed by atoms with Gasteiger partial charge >= 0.3 is 0 Å². The van der Waals surface area contributed by atoms with Crippen LogP contribution in [0, 0.1) is 4.77 Å². The smallest absolute Gasteiger partial charge is 0.177 e. The van der Waals surface area contributed by atoms with Crippen molar-refractivity contribution in [2.24, 2.45) is 0 Å². The number of benzene rings is 1. The molecule has 1 N–H and O–H groups in total. The third-order valence-corrected chi connectivity index (χ3v) is 4.45. The average molecular weight is 292 g/mol. The van der Waals surface area contributed by atoms with Gasteiger partial charge in [0.25, 0.3) is 0 Å². The van der Waals surface area contributed by atoms with Crippen molar-refractivity contribution in [3.8, 4) is 11.3 Å². The van der Waals surface area contributed by atoms with Crippen molar-refractivity contribution >= 4 is 24.0 Å². The molecule has 19 heavy (non-hydrogen) atoms. The maximum absolute atomic E-state index is 5.43. The molecule has 2 nitrogen and oxygen atoms in total. The van der Waals surface area contributed by atoms with Gasteiger partial charge in [-0.3, -0.25) is 0 Å². The topological polar surface area (TPSA) is 20.7 Å². The molecule has 2 rings (SSSR count). The van der Waals surface area contributed by atoms with Gasteiger partial charge < -0.3 is 9.55 Å². The fourth-order valence-electron chi connectivity index (χ4n) is 2.17. The molecule has 4 heteroatoms. The standard InChI is InChI=1S/C15H20N2S2/c1-3-19-10-9-12(2)17-14(11-16-15(17)18)13-7-5-4-6-8-13/h4-8,11-12H,3,9-10H2,1-2H3,(H,16,18). The van der Waals surface area contributed by atoms with Crippen LogP contribution in [-0.4, -0.2) is 21.1 Å². The van der Waals surface area contributed by atoms with E-state index in [1.807, 2.05) is 24.0 Å². The summed E-state index contributed by atoms with van der Waals surface area (Å²) in [7, 11) is 0. The minimum Gasteiger partial charge on any atom is -0.337 e. The monoisotopic (exact) mass is 292 g/mol. The first-order valence-electron chi connectivity index (χ1n) is 6.67. The van der Waals surface area contributed by atoms with Gasteiger partial charge in [-0.05, 0) is 42.6 Å². The summed E-state index contributed by atoms with van der Waals surface area (Å²) in [6, 6.07) is 10.8. The van der Waals surface area contributed by atoms with Crippen LogP contribution in [-0.2, 0) is 0 Å². The Morgan fingerprint density at radius 1 is 1.32 bits per heavy atom. The zero-order chi connectivity index (χ0) is 13.7. The number of nitrogens with zero attached hydrogens (tertiary/aromatic N) is 1. The maximum atomic E-state index is 5.43. The summed E-state index contributed by atoms with van der Waals surface area (Å²) in [6.07, 6.45) is 3.16. The first-order chi connectivity index (χ1) is 9.24. The Morgan fingerprint density at radius 2 is 2.05 bits per heavy atom. The summed E-state index contributed by atoms with van der Waals surface area (Å²) in [5.41, 5.74) is 2.39. The lowest BCUT2D eigenvalue weighted by Gasteiger charge is -2.16. The summed E-state index contributed by atoms with van der Waals surface area (Å²) in [6.45, 7) is 4.44. The molecule has 0 aliphatic carbocycles. The number of rotatable bonds is 6. The predicted octanol–water partition coefficient (Wildman–Crippen LogP) is 4.92. The van der Waals surface area contributed by atoms with Gasteiger partial charge in [0.2, 0.25) is 0 Å².